The maximum atomic E-state index is 5.76. The first-order chi connectivity index (χ1) is 7.55. The second-order valence-electron chi connectivity index (χ2n) is 4.98. The lowest BCUT2D eigenvalue weighted by molar-refractivity contribution is 0.331. The molecule has 0 radical (unpaired) electrons. The Bertz CT molecular complexity index is 307. The van der Waals surface area contributed by atoms with E-state index in [0.29, 0.717) is 0 Å². The Morgan fingerprint density at radius 2 is 2.25 bits per heavy atom. The Morgan fingerprint density at radius 1 is 1.50 bits per heavy atom. The SMILES string of the molecule is Cn1nccc1CCNCC(C)(C)CCCl. The molecule has 0 atom stereocenters. The third-order valence-electron chi connectivity index (χ3n) is 2.86. The highest BCUT2D eigenvalue weighted by Gasteiger charge is 2.15. The lowest BCUT2D eigenvalue weighted by atomic mass is 9.90. The van der Waals surface area contributed by atoms with Crippen molar-refractivity contribution in [3.05, 3.63) is 18.0 Å². The van der Waals surface area contributed by atoms with E-state index < -0.39 is 0 Å². The van der Waals surface area contributed by atoms with Gasteiger partial charge in [0, 0.05) is 44.3 Å². The van der Waals surface area contributed by atoms with Crippen LogP contribution in [0.4, 0.5) is 0 Å². The molecule has 0 fully saturated rings. The van der Waals surface area contributed by atoms with Crippen LogP contribution in [0.3, 0.4) is 0 Å². The topological polar surface area (TPSA) is 29.9 Å². The van der Waals surface area contributed by atoms with E-state index in [2.05, 4.69) is 30.3 Å². The van der Waals surface area contributed by atoms with Gasteiger partial charge in [-0.2, -0.15) is 5.10 Å². The maximum Gasteiger partial charge on any atom is 0.0492 e. The summed E-state index contributed by atoms with van der Waals surface area (Å²) in [5, 5.41) is 7.62. The number of aromatic nitrogens is 2. The zero-order valence-electron chi connectivity index (χ0n) is 10.5. The van der Waals surface area contributed by atoms with E-state index in [9.17, 15) is 0 Å². The highest BCUT2D eigenvalue weighted by Crippen LogP contribution is 2.19. The molecule has 16 heavy (non-hydrogen) atoms. The van der Waals surface area contributed by atoms with Crippen LogP contribution in [0.5, 0.6) is 0 Å². The van der Waals surface area contributed by atoms with Gasteiger partial charge < -0.3 is 5.32 Å². The fourth-order valence-electron chi connectivity index (χ4n) is 1.63. The summed E-state index contributed by atoms with van der Waals surface area (Å²) in [7, 11) is 1.98. The predicted octanol–water partition coefficient (Wildman–Crippen LogP) is 2.21. The molecule has 1 N–H and O–H groups in total. The Labute approximate surface area is 103 Å². The van der Waals surface area contributed by atoms with Crippen LogP contribution in [-0.2, 0) is 13.5 Å². The van der Waals surface area contributed by atoms with Crippen LogP contribution in [0.25, 0.3) is 0 Å². The summed E-state index contributed by atoms with van der Waals surface area (Å²) >= 11 is 5.76. The van der Waals surface area contributed by atoms with Crippen LogP contribution in [0.2, 0.25) is 0 Å². The summed E-state index contributed by atoms with van der Waals surface area (Å²) < 4.78 is 1.92. The van der Waals surface area contributed by atoms with Crippen molar-refractivity contribution in [2.45, 2.75) is 26.7 Å². The molecule has 0 aliphatic heterocycles. The number of aryl methyl sites for hydroxylation is 1. The summed E-state index contributed by atoms with van der Waals surface area (Å²) in [4.78, 5) is 0. The molecule has 0 aliphatic carbocycles. The van der Waals surface area contributed by atoms with Crippen LogP contribution in [0, 0.1) is 5.41 Å². The van der Waals surface area contributed by atoms with E-state index in [4.69, 9.17) is 11.6 Å². The number of alkyl halides is 1. The Morgan fingerprint density at radius 3 is 2.81 bits per heavy atom. The Balaban J connectivity index is 2.19. The fraction of sp³-hybridized carbons (Fsp3) is 0.750. The highest BCUT2D eigenvalue weighted by atomic mass is 35.5. The van der Waals surface area contributed by atoms with Gasteiger partial charge >= 0.3 is 0 Å². The predicted molar refractivity (Wildman–Crippen MR) is 68.9 cm³/mol. The number of hydrogen-bond donors (Lipinski definition) is 1. The molecule has 0 aliphatic rings. The fourth-order valence-corrected chi connectivity index (χ4v) is 2.15. The first kappa shape index (κ1) is 13.5. The second kappa shape index (κ2) is 6.26. The van der Waals surface area contributed by atoms with Crippen LogP contribution >= 0.6 is 11.6 Å². The second-order valence-corrected chi connectivity index (χ2v) is 5.35. The van der Waals surface area contributed by atoms with Crippen molar-refractivity contribution in [2.75, 3.05) is 19.0 Å². The average molecular weight is 244 g/mol. The van der Waals surface area contributed by atoms with Crippen molar-refractivity contribution in [2.24, 2.45) is 12.5 Å². The van der Waals surface area contributed by atoms with E-state index >= 15 is 0 Å². The summed E-state index contributed by atoms with van der Waals surface area (Å²) in [6.45, 7) is 6.49. The summed E-state index contributed by atoms with van der Waals surface area (Å²) in [5.74, 6) is 0.733. The molecule has 1 rings (SSSR count). The molecule has 1 aromatic rings. The van der Waals surface area contributed by atoms with E-state index in [1.807, 2.05) is 17.9 Å². The highest BCUT2D eigenvalue weighted by molar-refractivity contribution is 6.17. The van der Waals surface area contributed by atoms with Crippen molar-refractivity contribution in [1.29, 1.82) is 0 Å². The smallest absolute Gasteiger partial charge is 0.0492 e. The van der Waals surface area contributed by atoms with Crippen molar-refractivity contribution >= 4 is 11.6 Å². The van der Waals surface area contributed by atoms with Gasteiger partial charge in [0.1, 0.15) is 0 Å². The normalized spacial score (nSPS) is 12.0. The third kappa shape index (κ3) is 4.54. The largest absolute Gasteiger partial charge is 0.316 e. The van der Waals surface area contributed by atoms with Gasteiger partial charge in [0.05, 0.1) is 0 Å². The van der Waals surface area contributed by atoms with Crippen molar-refractivity contribution in [3.63, 3.8) is 0 Å². The molecule has 3 nitrogen and oxygen atoms in total. The molecule has 0 bridgehead atoms. The van der Waals surface area contributed by atoms with Gasteiger partial charge in [-0.05, 0) is 17.9 Å². The van der Waals surface area contributed by atoms with Crippen molar-refractivity contribution in [3.8, 4) is 0 Å². The van der Waals surface area contributed by atoms with Crippen molar-refractivity contribution < 1.29 is 0 Å². The minimum absolute atomic E-state index is 0.286. The van der Waals surface area contributed by atoms with Crippen LogP contribution in [0.1, 0.15) is 26.0 Å². The van der Waals surface area contributed by atoms with Crippen LogP contribution in [0.15, 0.2) is 12.3 Å². The molecule has 1 heterocycles. The van der Waals surface area contributed by atoms with E-state index in [0.717, 1.165) is 31.8 Å². The van der Waals surface area contributed by atoms with E-state index in [-0.39, 0.29) is 5.41 Å². The standard InChI is InChI=1S/C12H22ClN3/c1-12(2,6-7-13)10-14-8-4-11-5-9-15-16(11)3/h5,9,14H,4,6-8,10H2,1-3H3. The molecule has 1 aromatic heterocycles. The van der Waals surface area contributed by atoms with Crippen LogP contribution < -0.4 is 5.32 Å². The number of halogens is 1. The lowest BCUT2D eigenvalue weighted by Gasteiger charge is -2.23. The van der Waals surface area contributed by atoms with Crippen molar-refractivity contribution in [1.82, 2.24) is 15.1 Å². The summed E-state index contributed by atoms with van der Waals surface area (Å²) in [6, 6.07) is 2.06. The molecular formula is C12H22ClN3. The molecule has 0 unspecified atom stereocenters. The monoisotopic (exact) mass is 243 g/mol. The number of hydrogen-bond acceptors (Lipinski definition) is 2. The zero-order chi connectivity index (χ0) is 12.0. The quantitative estimate of drug-likeness (QED) is 0.588. The van der Waals surface area contributed by atoms with Gasteiger partial charge in [0.25, 0.3) is 0 Å². The molecule has 0 spiro atoms. The molecule has 0 amide bonds. The van der Waals surface area contributed by atoms with Gasteiger partial charge in [-0.1, -0.05) is 13.8 Å². The molecule has 0 saturated heterocycles. The first-order valence-electron chi connectivity index (χ1n) is 5.79. The van der Waals surface area contributed by atoms with Gasteiger partial charge in [-0.25, -0.2) is 0 Å². The van der Waals surface area contributed by atoms with E-state index in [1.54, 1.807) is 0 Å². The van der Waals surface area contributed by atoms with Gasteiger partial charge in [-0.3, -0.25) is 4.68 Å². The average Bonchev–Trinajstić information content (AvgIpc) is 2.59. The number of nitrogens with one attached hydrogen (secondary N) is 1. The minimum Gasteiger partial charge on any atom is -0.316 e. The van der Waals surface area contributed by atoms with Crippen LogP contribution in [-0.4, -0.2) is 28.8 Å². The van der Waals surface area contributed by atoms with E-state index in [1.165, 1.54) is 5.69 Å². The van der Waals surface area contributed by atoms with Gasteiger partial charge in [0.2, 0.25) is 0 Å². The zero-order valence-corrected chi connectivity index (χ0v) is 11.2. The minimum atomic E-state index is 0.286. The summed E-state index contributed by atoms with van der Waals surface area (Å²) in [5.41, 5.74) is 1.55. The number of nitrogens with zero attached hydrogens (tertiary/aromatic N) is 2. The molecule has 4 heteroatoms. The number of rotatable bonds is 7. The lowest BCUT2D eigenvalue weighted by Crippen LogP contribution is -2.31. The van der Waals surface area contributed by atoms with Gasteiger partial charge in [0.15, 0.2) is 0 Å². The Hall–Kier alpha value is -0.540. The molecule has 0 aromatic carbocycles. The van der Waals surface area contributed by atoms with Gasteiger partial charge in [-0.15, -0.1) is 11.6 Å². The molecule has 0 saturated carbocycles. The summed E-state index contributed by atoms with van der Waals surface area (Å²) in [6.07, 6.45) is 3.91. The third-order valence-corrected chi connectivity index (χ3v) is 3.04. The Kier molecular flexibility index (Phi) is 5.29. The maximum absolute atomic E-state index is 5.76. The molecule has 92 valence electrons. The molecular weight excluding hydrogens is 222 g/mol. The first-order valence-corrected chi connectivity index (χ1v) is 6.32.